The van der Waals surface area contributed by atoms with Gasteiger partial charge in [0.1, 0.15) is 18.1 Å². The van der Waals surface area contributed by atoms with E-state index in [1.807, 2.05) is 55.6 Å². The minimum absolute atomic E-state index is 0.165. The Morgan fingerprint density at radius 2 is 1.94 bits per heavy atom. The van der Waals surface area contributed by atoms with Crippen molar-refractivity contribution in [3.8, 4) is 11.5 Å². The monoisotopic (exact) mass is 451 g/mol. The standard InChI is InChI=1S/C24H25N3O4S/c1-16-8-10-22(30-3)20(12-16)27-24(29)13-25-23(28)11-9-18-6-4-5-7-21(18)31-14-19-15-32-17(2)26-19/h4-12,15H,13-14H2,1-3H3,(H,25,28)(H,27,29)/b11-9+. The molecule has 2 amide bonds. The Bertz CT molecular complexity index is 1120. The summed E-state index contributed by atoms with van der Waals surface area (Å²) in [6.45, 7) is 4.05. The molecule has 32 heavy (non-hydrogen) atoms. The number of methoxy groups -OCH3 is 1. The molecule has 2 N–H and O–H groups in total. The van der Waals surface area contributed by atoms with Crippen molar-refractivity contribution in [2.45, 2.75) is 20.5 Å². The van der Waals surface area contributed by atoms with Crippen molar-refractivity contribution in [3.05, 3.63) is 75.7 Å². The largest absolute Gasteiger partial charge is 0.495 e. The molecule has 0 radical (unpaired) electrons. The van der Waals surface area contributed by atoms with Crippen molar-refractivity contribution in [2.75, 3.05) is 19.0 Å². The molecule has 3 aromatic rings. The van der Waals surface area contributed by atoms with Gasteiger partial charge in [-0.15, -0.1) is 11.3 Å². The summed E-state index contributed by atoms with van der Waals surface area (Å²) in [7, 11) is 1.53. The summed E-state index contributed by atoms with van der Waals surface area (Å²) in [6, 6.07) is 12.9. The van der Waals surface area contributed by atoms with E-state index in [2.05, 4.69) is 15.6 Å². The van der Waals surface area contributed by atoms with Crippen molar-refractivity contribution in [3.63, 3.8) is 0 Å². The lowest BCUT2D eigenvalue weighted by Gasteiger charge is -2.11. The number of rotatable bonds is 9. The number of carbonyl (C=O) groups is 2. The summed E-state index contributed by atoms with van der Waals surface area (Å²) in [5.74, 6) is 0.463. The second-order valence-corrected chi connectivity index (χ2v) is 8.05. The molecule has 0 aliphatic rings. The number of carbonyl (C=O) groups excluding carboxylic acids is 2. The minimum Gasteiger partial charge on any atom is -0.495 e. The Kier molecular flexibility index (Phi) is 7.99. The number of amides is 2. The lowest BCUT2D eigenvalue weighted by molar-refractivity contribution is -0.121. The fourth-order valence-electron chi connectivity index (χ4n) is 2.88. The van der Waals surface area contributed by atoms with Gasteiger partial charge in [-0.1, -0.05) is 24.3 Å². The van der Waals surface area contributed by atoms with Crippen LogP contribution in [-0.4, -0.2) is 30.5 Å². The maximum Gasteiger partial charge on any atom is 0.244 e. The summed E-state index contributed by atoms with van der Waals surface area (Å²) in [5.41, 5.74) is 3.16. The Balaban J connectivity index is 1.53. The predicted octanol–water partition coefficient (Wildman–Crippen LogP) is 4.12. The maximum atomic E-state index is 12.2. The Hall–Kier alpha value is -3.65. The number of hydrogen-bond donors (Lipinski definition) is 2. The molecule has 1 aromatic heterocycles. The first kappa shape index (κ1) is 23.0. The fraction of sp³-hybridized carbons (Fsp3) is 0.208. The van der Waals surface area contributed by atoms with Crippen LogP contribution in [0.3, 0.4) is 0 Å². The van der Waals surface area contributed by atoms with Crippen molar-refractivity contribution in [1.82, 2.24) is 10.3 Å². The number of nitrogens with zero attached hydrogens (tertiary/aromatic N) is 1. The molecule has 0 aliphatic heterocycles. The van der Waals surface area contributed by atoms with E-state index in [1.54, 1.807) is 23.5 Å². The first-order valence-corrected chi connectivity index (χ1v) is 10.9. The van der Waals surface area contributed by atoms with Gasteiger partial charge in [0.05, 0.1) is 30.0 Å². The quantitative estimate of drug-likeness (QED) is 0.478. The maximum absolute atomic E-state index is 12.2. The van der Waals surface area contributed by atoms with E-state index >= 15 is 0 Å². The molecule has 0 saturated heterocycles. The lowest BCUT2D eigenvalue weighted by atomic mass is 10.2. The van der Waals surface area contributed by atoms with Crippen molar-refractivity contribution >= 4 is 34.9 Å². The topological polar surface area (TPSA) is 89.6 Å². The highest BCUT2D eigenvalue weighted by Gasteiger charge is 2.09. The average Bonchev–Trinajstić information content (AvgIpc) is 3.20. The van der Waals surface area contributed by atoms with E-state index in [4.69, 9.17) is 9.47 Å². The van der Waals surface area contributed by atoms with Crippen LogP contribution in [0.25, 0.3) is 6.08 Å². The summed E-state index contributed by atoms with van der Waals surface area (Å²) >= 11 is 1.57. The van der Waals surface area contributed by atoms with Gasteiger partial charge in [0.25, 0.3) is 0 Å². The first-order valence-electron chi connectivity index (χ1n) is 9.98. The molecule has 1 heterocycles. The Labute approximate surface area is 191 Å². The van der Waals surface area contributed by atoms with Gasteiger partial charge < -0.3 is 20.1 Å². The van der Waals surface area contributed by atoms with E-state index in [-0.39, 0.29) is 18.4 Å². The van der Waals surface area contributed by atoms with Gasteiger partial charge in [-0.05, 0) is 43.7 Å². The third-order valence-corrected chi connectivity index (χ3v) is 5.25. The van der Waals surface area contributed by atoms with E-state index < -0.39 is 0 Å². The number of hydrogen-bond acceptors (Lipinski definition) is 6. The molecule has 0 unspecified atom stereocenters. The van der Waals surface area contributed by atoms with Gasteiger partial charge >= 0.3 is 0 Å². The highest BCUT2D eigenvalue weighted by atomic mass is 32.1. The third kappa shape index (κ3) is 6.68. The molecule has 0 atom stereocenters. The molecule has 7 nitrogen and oxygen atoms in total. The van der Waals surface area contributed by atoms with Crippen molar-refractivity contribution in [1.29, 1.82) is 0 Å². The smallest absolute Gasteiger partial charge is 0.244 e. The molecular weight excluding hydrogens is 426 g/mol. The summed E-state index contributed by atoms with van der Waals surface area (Å²) in [4.78, 5) is 28.8. The second kappa shape index (κ2) is 11.1. The summed E-state index contributed by atoms with van der Waals surface area (Å²) < 4.78 is 11.1. The number of thiazole rings is 1. The van der Waals surface area contributed by atoms with Gasteiger partial charge in [-0.3, -0.25) is 9.59 Å². The SMILES string of the molecule is COc1ccc(C)cc1NC(=O)CNC(=O)/C=C/c1ccccc1OCc1csc(C)n1. The lowest BCUT2D eigenvalue weighted by Crippen LogP contribution is -2.31. The van der Waals surface area contributed by atoms with E-state index in [9.17, 15) is 9.59 Å². The number of benzene rings is 2. The number of aryl methyl sites for hydroxylation is 2. The molecule has 0 aliphatic carbocycles. The summed E-state index contributed by atoms with van der Waals surface area (Å²) in [6.07, 6.45) is 3.02. The van der Waals surface area contributed by atoms with Gasteiger partial charge in [0, 0.05) is 17.0 Å². The van der Waals surface area contributed by atoms with Crippen LogP contribution in [0.1, 0.15) is 21.8 Å². The van der Waals surface area contributed by atoms with E-state index in [1.165, 1.54) is 13.2 Å². The Morgan fingerprint density at radius 1 is 1.12 bits per heavy atom. The van der Waals surface area contributed by atoms with Crippen LogP contribution >= 0.6 is 11.3 Å². The third-order valence-electron chi connectivity index (χ3n) is 4.43. The molecule has 0 saturated carbocycles. The number of ether oxygens (including phenoxy) is 2. The van der Waals surface area contributed by atoms with Crippen LogP contribution in [0.2, 0.25) is 0 Å². The molecular formula is C24H25N3O4S. The van der Waals surface area contributed by atoms with Crippen LogP contribution in [0, 0.1) is 13.8 Å². The molecule has 0 bridgehead atoms. The van der Waals surface area contributed by atoms with Gasteiger partial charge in [-0.2, -0.15) is 0 Å². The van der Waals surface area contributed by atoms with Gasteiger partial charge in [0.2, 0.25) is 11.8 Å². The molecule has 3 rings (SSSR count). The predicted molar refractivity (Wildman–Crippen MR) is 126 cm³/mol. The van der Waals surface area contributed by atoms with Crippen molar-refractivity contribution in [2.24, 2.45) is 0 Å². The number of nitrogens with one attached hydrogen (secondary N) is 2. The zero-order chi connectivity index (χ0) is 22.9. The molecule has 166 valence electrons. The van der Waals surface area contributed by atoms with Crippen molar-refractivity contribution < 1.29 is 19.1 Å². The normalized spacial score (nSPS) is 10.7. The van der Waals surface area contributed by atoms with Gasteiger partial charge in [-0.25, -0.2) is 4.98 Å². The summed E-state index contributed by atoms with van der Waals surface area (Å²) in [5, 5.41) is 8.27. The molecule has 0 spiro atoms. The van der Waals surface area contributed by atoms with Crippen LogP contribution in [-0.2, 0) is 16.2 Å². The zero-order valence-electron chi connectivity index (χ0n) is 18.2. The molecule has 8 heteroatoms. The first-order chi connectivity index (χ1) is 15.4. The van der Waals surface area contributed by atoms with E-state index in [0.717, 1.165) is 21.8 Å². The number of anilines is 1. The van der Waals surface area contributed by atoms with Gasteiger partial charge in [0.15, 0.2) is 0 Å². The fourth-order valence-corrected chi connectivity index (χ4v) is 3.48. The number of aromatic nitrogens is 1. The highest BCUT2D eigenvalue weighted by Crippen LogP contribution is 2.25. The Morgan fingerprint density at radius 3 is 2.69 bits per heavy atom. The van der Waals surface area contributed by atoms with E-state index in [0.29, 0.717) is 23.8 Å². The number of para-hydroxylation sites is 1. The average molecular weight is 452 g/mol. The molecule has 2 aromatic carbocycles. The minimum atomic E-state index is -0.388. The zero-order valence-corrected chi connectivity index (χ0v) is 19.0. The van der Waals surface area contributed by atoms with Crippen LogP contribution < -0.4 is 20.1 Å². The van der Waals surface area contributed by atoms with Crippen LogP contribution in [0.5, 0.6) is 11.5 Å². The van der Waals surface area contributed by atoms with Crippen LogP contribution in [0.4, 0.5) is 5.69 Å². The second-order valence-electron chi connectivity index (χ2n) is 6.99. The molecule has 0 fully saturated rings. The highest BCUT2D eigenvalue weighted by molar-refractivity contribution is 7.09. The van der Waals surface area contributed by atoms with Crippen LogP contribution in [0.15, 0.2) is 53.9 Å².